The fourth-order valence-corrected chi connectivity index (χ4v) is 2.55. The molecule has 2 aromatic carbocycles. The van der Waals surface area contributed by atoms with E-state index in [1.807, 2.05) is 37.3 Å². The van der Waals surface area contributed by atoms with E-state index in [0.717, 1.165) is 12.1 Å². The summed E-state index contributed by atoms with van der Waals surface area (Å²) in [4.78, 5) is 12.5. The van der Waals surface area contributed by atoms with Crippen molar-refractivity contribution < 1.29 is 14.3 Å². The Balaban J connectivity index is 1.99. The van der Waals surface area contributed by atoms with E-state index in [9.17, 15) is 4.79 Å². The number of para-hydroxylation sites is 2. The molecule has 134 valence electrons. The van der Waals surface area contributed by atoms with E-state index in [-0.39, 0.29) is 5.91 Å². The van der Waals surface area contributed by atoms with Crippen molar-refractivity contribution in [3.63, 3.8) is 0 Å². The third-order valence-corrected chi connectivity index (χ3v) is 4.04. The average Bonchev–Trinajstić information content (AvgIpc) is 2.65. The Labute approximate surface area is 150 Å². The van der Waals surface area contributed by atoms with Gasteiger partial charge < -0.3 is 14.8 Å². The summed E-state index contributed by atoms with van der Waals surface area (Å²) in [5.41, 5.74) is 2.07. The Morgan fingerprint density at radius 2 is 1.72 bits per heavy atom. The molecule has 0 radical (unpaired) electrons. The van der Waals surface area contributed by atoms with Crippen LogP contribution in [0.25, 0.3) is 0 Å². The molecule has 0 heterocycles. The van der Waals surface area contributed by atoms with Crippen molar-refractivity contribution in [3.05, 3.63) is 54.1 Å². The van der Waals surface area contributed by atoms with Crippen LogP contribution in [0, 0.1) is 0 Å². The Kier molecular flexibility index (Phi) is 7.33. The molecule has 0 aliphatic rings. The van der Waals surface area contributed by atoms with E-state index in [2.05, 4.69) is 24.4 Å². The fourth-order valence-electron chi connectivity index (χ4n) is 2.55. The van der Waals surface area contributed by atoms with Crippen molar-refractivity contribution in [1.29, 1.82) is 0 Å². The summed E-state index contributed by atoms with van der Waals surface area (Å²) in [6.45, 7) is 4.11. The molecule has 0 aromatic heterocycles. The van der Waals surface area contributed by atoms with Gasteiger partial charge in [0.1, 0.15) is 0 Å². The first-order valence-corrected chi connectivity index (χ1v) is 8.87. The lowest BCUT2D eigenvalue weighted by Gasteiger charge is -2.19. The van der Waals surface area contributed by atoms with Gasteiger partial charge in [0.25, 0.3) is 5.91 Å². The quantitative estimate of drug-likeness (QED) is 0.710. The molecule has 0 bridgehead atoms. The lowest BCUT2D eigenvalue weighted by atomic mass is 10.1. The van der Waals surface area contributed by atoms with Crippen molar-refractivity contribution in [1.82, 2.24) is 0 Å². The summed E-state index contributed by atoms with van der Waals surface area (Å²) in [5.74, 6) is 1.03. The minimum atomic E-state index is -0.573. The molecule has 4 heteroatoms. The monoisotopic (exact) mass is 341 g/mol. The summed E-state index contributed by atoms with van der Waals surface area (Å²) < 4.78 is 11.1. The van der Waals surface area contributed by atoms with Crippen LogP contribution in [0.5, 0.6) is 11.5 Å². The van der Waals surface area contributed by atoms with Crippen LogP contribution in [-0.4, -0.2) is 19.1 Å². The van der Waals surface area contributed by atoms with E-state index in [1.54, 1.807) is 13.2 Å². The Hall–Kier alpha value is -2.49. The first-order chi connectivity index (χ1) is 12.2. The van der Waals surface area contributed by atoms with Crippen molar-refractivity contribution in [2.24, 2.45) is 0 Å². The van der Waals surface area contributed by atoms with Crippen LogP contribution in [0.3, 0.4) is 0 Å². The molecule has 1 atom stereocenters. The Morgan fingerprint density at radius 3 is 2.32 bits per heavy atom. The van der Waals surface area contributed by atoms with Gasteiger partial charge in [-0.05, 0) is 49.1 Å². The molecule has 25 heavy (non-hydrogen) atoms. The maximum atomic E-state index is 12.5. The SMILES string of the molecule is CCCCc1ccc(NC(=O)[C@H](CC)Oc2ccccc2OC)cc1. The normalized spacial score (nSPS) is 11.6. The molecule has 1 amide bonds. The second-order valence-electron chi connectivity index (χ2n) is 5.96. The van der Waals surface area contributed by atoms with E-state index in [4.69, 9.17) is 9.47 Å². The van der Waals surface area contributed by atoms with E-state index in [0.29, 0.717) is 17.9 Å². The van der Waals surface area contributed by atoms with Crippen LogP contribution >= 0.6 is 0 Å². The van der Waals surface area contributed by atoms with Crippen LogP contribution in [0.15, 0.2) is 48.5 Å². The maximum Gasteiger partial charge on any atom is 0.265 e. The summed E-state index contributed by atoms with van der Waals surface area (Å²) >= 11 is 0. The van der Waals surface area contributed by atoms with Crippen LogP contribution in [0.2, 0.25) is 0 Å². The largest absolute Gasteiger partial charge is 0.493 e. The molecule has 0 unspecified atom stereocenters. The second-order valence-corrected chi connectivity index (χ2v) is 5.96. The maximum absolute atomic E-state index is 12.5. The van der Waals surface area contributed by atoms with E-state index < -0.39 is 6.10 Å². The second kappa shape index (κ2) is 9.72. The standard InChI is InChI=1S/C21H27NO3/c1-4-6-9-16-12-14-17(15-13-16)22-21(23)18(5-2)25-20-11-8-7-10-19(20)24-3/h7-8,10-15,18H,4-6,9H2,1-3H3,(H,22,23)/t18-/m0/s1. The first-order valence-electron chi connectivity index (χ1n) is 8.87. The van der Waals surface area contributed by atoms with Gasteiger partial charge in [0.05, 0.1) is 7.11 Å². The molecule has 0 saturated heterocycles. The molecular weight excluding hydrogens is 314 g/mol. The third kappa shape index (κ3) is 5.52. The summed E-state index contributed by atoms with van der Waals surface area (Å²) in [6.07, 6.45) is 3.42. The van der Waals surface area contributed by atoms with E-state index >= 15 is 0 Å². The zero-order valence-corrected chi connectivity index (χ0v) is 15.2. The number of carbonyl (C=O) groups is 1. The third-order valence-electron chi connectivity index (χ3n) is 4.04. The number of methoxy groups -OCH3 is 1. The minimum absolute atomic E-state index is 0.158. The molecular formula is C21H27NO3. The average molecular weight is 341 g/mol. The zero-order chi connectivity index (χ0) is 18.1. The highest BCUT2D eigenvalue weighted by atomic mass is 16.5. The molecule has 2 rings (SSSR count). The topological polar surface area (TPSA) is 47.6 Å². The smallest absolute Gasteiger partial charge is 0.265 e. The van der Waals surface area contributed by atoms with Gasteiger partial charge in [0.15, 0.2) is 17.6 Å². The van der Waals surface area contributed by atoms with Crippen molar-refractivity contribution in [3.8, 4) is 11.5 Å². The molecule has 0 spiro atoms. The Morgan fingerprint density at radius 1 is 1.04 bits per heavy atom. The zero-order valence-electron chi connectivity index (χ0n) is 15.2. The van der Waals surface area contributed by atoms with Crippen LogP contribution < -0.4 is 14.8 Å². The number of aryl methyl sites for hydroxylation is 1. The van der Waals surface area contributed by atoms with Crippen molar-refractivity contribution >= 4 is 11.6 Å². The van der Waals surface area contributed by atoms with Gasteiger partial charge in [0.2, 0.25) is 0 Å². The number of anilines is 1. The Bertz CT molecular complexity index is 667. The molecule has 2 aromatic rings. The first kappa shape index (κ1) is 18.8. The van der Waals surface area contributed by atoms with Crippen molar-refractivity contribution in [2.75, 3.05) is 12.4 Å². The lowest BCUT2D eigenvalue weighted by molar-refractivity contribution is -0.122. The highest BCUT2D eigenvalue weighted by Gasteiger charge is 2.20. The highest BCUT2D eigenvalue weighted by molar-refractivity contribution is 5.94. The predicted octanol–water partition coefficient (Wildman–Crippen LogP) is 4.83. The number of hydrogen-bond acceptors (Lipinski definition) is 3. The fraction of sp³-hybridized carbons (Fsp3) is 0.381. The molecule has 4 nitrogen and oxygen atoms in total. The van der Waals surface area contributed by atoms with Crippen LogP contribution in [-0.2, 0) is 11.2 Å². The summed E-state index contributed by atoms with van der Waals surface area (Å²) in [5, 5.41) is 2.93. The molecule has 0 aliphatic carbocycles. The molecule has 0 aliphatic heterocycles. The number of amides is 1. The number of nitrogens with one attached hydrogen (secondary N) is 1. The van der Waals surface area contributed by atoms with Gasteiger partial charge >= 0.3 is 0 Å². The number of rotatable bonds is 9. The minimum Gasteiger partial charge on any atom is -0.493 e. The van der Waals surface area contributed by atoms with Gasteiger partial charge in [0, 0.05) is 5.69 Å². The summed E-state index contributed by atoms with van der Waals surface area (Å²) in [6, 6.07) is 15.4. The number of unbranched alkanes of at least 4 members (excludes halogenated alkanes) is 1. The van der Waals surface area contributed by atoms with E-state index in [1.165, 1.54) is 18.4 Å². The lowest BCUT2D eigenvalue weighted by Crippen LogP contribution is -2.32. The molecule has 1 N–H and O–H groups in total. The number of hydrogen-bond donors (Lipinski definition) is 1. The highest BCUT2D eigenvalue weighted by Crippen LogP contribution is 2.27. The number of carbonyl (C=O) groups excluding carboxylic acids is 1. The van der Waals surface area contributed by atoms with Crippen molar-refractivity contribution in [2.45, 2.75) is 45.6 Å². The van der Waals surface area contributed by atoms with Gasteiger partial charge in [-0.1, -0.05) is 44.5 Å². The predicted molar refractivity (Wildman–Crippen MR) is 101 cm³/mol. The van der Waals surface area contributed by atoms with Gasteiger partial charge in [-0.25, -0.2) is 0 Å². The molecule has 0 fully saturated rings. The number of benzene rings is 2. The van der Waals surface area contributed by atoms with Crippen LogP contribution in [0.1, 0.15) is 38.7 Å². The van der Waals surface area contributed by atoms with Gasteiger partial charge in [-0.2, -0.15) is 0 Å². The summed E-state index contributed by atoms with van der Waals surface area (Å²) in [7, 11) is 1.59. The van der Waals surface area contributed by atoms with Crippen LogP contribution in [0.4, 0.5) is 5.69 Å². The van der Waals surface area contributed by atoms with Gasteiger partial charge in [-0.15, -0.1) is 0 Å². The molecule has 0 saturated carbocycles. The van der Waals surface area contributed by atoms with Gasteiger partial charge in [-0.3, -0.25) is 4.79 Å². The number of ether oxygens (including phenoxy) is 2.